The van der Waals surface area contributed by atoms with Gasteiger partial charge in [-0.2, -0.15) is 0 Å². The number of nitrogens with one attached hydrogen (secondary N) is 3. The van der Waals surface area contributed by atoms with Gasteiger partial charge < -0.3 is 5.32 Å². The topological polar surface area (TPSA) is 60.7 Å². The van der Waals surface area contributed by atoms with E-state index in [0.717, 1.165) is 22.9 Å². The van der Waals surface area contributed by atoms with Crippen LogP contribution in [-0.4, -0.2) is 16.2 Å². The minimum atomic E-state index is -0.0973. The molecule has 0 saturated heterocycles. The fourth-order valence-corrected chi connectivity index (χ4v) is 3.18. The van der Waals surface area contributed by atoms with Crippen LogP contribution in [0.2, 0.25) is 0 Å². The predicted molar refractivity (Wildman–Crippen MR) is 86.5 cm³/mol. The van der Waals surface area contributed by atoms with Crippen LogP contribution in [0.25, 0.3) is 11.3 Å². The molecule has 1 fully saturated rings. The number of aromatic amines is 2. The summed E-state index contributed by atoms with van der Waals surface area (Å²) in [6, 6.07) is 10.4. The van der Waals surface area contributed by atoms with Crippen molar-refractivity contribution in [1.29, 1.82) is 0 Å². The van der Waals surface area contributed by atoms with E-state index in [1.54, 1.807) is 6.07 Å². The molecule has 21 heavy (non-hydrogen) atoms. The zero-order valence-electron chi connectivity index (χ0n) is 12.5. The van der Waals surface area contributed by atoms with Crippen LogP contribution in [0.15, 0.2) is 35.1 Å². The normalized spacial score (nSPS) is 22.1. The molecule has 4 nitrogen and oxygen atoms in total. The van der Waals surface area contributed by atoms with Crippen molar-refractivity contribution in [3.63, 3.8) is 0 Å². The van der Waals surface area contributed by atoms with Crippen LogP contribution in [0.4, 0.5) is 5.69 Å². The van der Waals surface area contributed by atoms with Crippen LogP contribution >= 0.6 is 0 Å². The second kappa shape index (κ2) is 6.20. The molecular formula is C17H23N3O. The van der Waals surface area contributed by atoms with Gasteiger partial charge in [-0.1, -0.05) is 25.5 Å². The van der Waals surface area contributed by atoms with Gasteiger partial charge in [-0.05, 0) is 49.3 Å². The highest BCUT2D eigenvalue weighted by Crippen LogP contribution is 2.28. The van der Waals surface area contributed by atoms with Crippen LogP contribution in [-0.2, 0) is 0 Å². The number of hydrogen-bond donors (Lipinski definition) is 3. The highest BCUT2D eigenvalue weighted by molar-refractivity contribution is 5.62. The zero-order chi connectivity index (χ0) is 14.7. The Morgan fingerprint density at radius 1 is 1.10 bits per heavy atom. The molecule has 112 valence electrons. The highest BCUT2D eigenvalue weighted by Gasteiger charge is 2.19. The summed E-state index contributed by atoms with van der Waals surface area (Å²) in [6.45, 7) is 2.29. The van der Waals surface area contributed by atoms with E-state index in [1.807, 2.05) is 12.1 Å². The number of hydrogen-bond acceptors (Lipinski definition) is 2. The Labute approximate surface area is 125 Å². The number of benzene rings is 1. The molecular weight excluding hydrogens is 262 g/mol. The van der Waals surface area contributed by atoms with Crippen molar-refractivity contribution < 1.29 is 0 Å². The van der Waals surface area contributed by atoms with Crippen LogP contribution in [0.3, 0.4) is 0 Å². The van der Waals surface area contributed by atoms with Crippen molar-refractivity contribution in [3.05, 3.63) is 40.7 Å². The van der Waals surface area contributed by atoms with Crippen molar-refractivity contribution in [2.45, 2.75) is 45.1 Å². The lowest BCUT2D eigenvalue weighted by atomic mass is 9.84. The van der Waals surface area contributed by atoms with Crippen LogP contribution in [0.5, 0.6) is 0 Å². The van der Waals surface area contributed by atoms with Gasteiger partial charge in [0, 0.05) is 17.8 Å². The van der Waals surface area contributed by atoms with Gasteiger partial charge in [0.2, 0.25) is 0 Å². The summed E-state index contributed by atoms with van der Waals surface area (Å²) < 4.78 is 0. The maximum atomic E-state index is 11.1. The molecule has 0 spiro atoms. The van der Waals surface area contributed by atoms with E-state index in [4.69, 9.17) is 0 Å². The van der Waals surface area contributed by atoms with Crippen molar-refractivity contribution in [3.8, 4) is 11.3 Å². The van der Waals surface area contributed by atoms with E-state index in [0.29, 0.717) is 6.04 Å². The summed E-state index contributed by atoms with van der Waals surface area (Å²) in [5.74, 6) is 0.927. The number of rotatable bonds is 4. The largest absolute Gasteiger partial charge is 0.382 e. The highest BCUT2D eigenvalue weighted by atomic mass is 16.1. The quantitative estimate of drug-likeness (QED) is 0.801. The van der Waals surface area contributed by atoms with Gasteiger partial charge in [0.15, 0.2) is 0 Å². The van der Waals surface area contributed by atoms with E-state index < -0.39 is 0 Å². The average molecular weight is 285 g/mol. The van der Waals surface area contributed by atoms with Gasteiger partial charge >= 0.3 is 0 Å². The van der Waals surface area contributed by atoms with Crippen molar-refractivity contribution in [1.82, 2.24) is 10.2 Å². The van der Waals surface area contributed by atoms with E-state index in [-0.39, 0.29) is 5.56 Å². The molecule has 0 amide bonds. The van der Waals surface area contributed by atoms with Gasteiger partial charge in [-0.25, -0.2) is 0 Å². The Hall–Kier alpha value is -1.97. The first-order valence-corrected chi connectivity index (χ1v) is 7.89. The van der Waals surface area contributed by atoms with Gasteiger partial charge in [0.25, 0.3) is 5.56 Å². The molecule has 1 heterocycles. The lowest BCUT2D eigenvalue weighted by Gasteiger charge is -2.29. The van der Waals surface area contributed by atoms with Crippen molar-refractivity contribution >= 4 is 5.69 Å². The maximum absolute atomic E-state index is 11.1. The van der Waals surface area contributed by atoms with Crippen molar-refractivity contribution in [2.75, 3.05) is 5.32 Å². The second-order valence-corrected chi connectivity index (χ2v) is 6.02. The molecule has 0 aliphatic heterocycles. The molecule has 3 rings (SSSR count). The van der Waals surface area contributed by atoms with E-state index in [1.165, 1.54) is 32.1 Å². The van der Waals surface area contributed by atoms with E-state index >= 15 is 0 Å². The van der Waals surface area contributed by atoms with Crippen LogP contribution in [0.1, 0.15) is 39.0 Å². The third kappa shape index (κ3) is 3.38. The van der Waals surface area contributed by atoms with Crippen LogP contribution in [0, 0.1) is 5.92 Å². The fourth-order valence-electron chi connectivity index (χ4n) is 3.18. The molecule has 1 saturated carbocycles. The van der Waals surface area contributed by atoms with Gasteiger partial charge in [-0.15, -0.1) is 0 Å². The number of anilines is 1. The smallest absolute Gasteiger partial charge is 0.264 e. The third-order valence-corrected chi connectivity index (χ3v) is 4.59. The first-order chi connectivity index (χ1) is 10.2. The Balaban J connectivity index is 1.61. The lowest BCUT2D eigenvalue weighted by molar-refractivity contribution is 0.330. The molecule has 3 N–H and O–H groups in total. The molecule has 1 aliphatic rings. The van der Waals surface area contributed by atoms with Gasteiger partial charge in [-0.3, -0.25) is 15.0 Å². The molecule has 0 bridgehead atoms. The summed E-state index contributed by atoms with van der Waals surface area (Å²) >= 11 is 0. The average Bonchev–Trinajstić information content (AvgIpc) is 2.95. The Morgan fingerprint density at radius 3 is 2.38 bits per heavy atom. The SMILES string of the molecule is CCC1CCC(Nc2ccc(-c3cc(=O)[nH][nH]3)cc2)CC1. The second-order valence-electron chi connectivity index (χ2n) is 6.02. The lowest BCUT2D eigenvalue weighted by Crippen LogP contribution is -2.25. The predicted octanol–water partition coefficient (Wildman–Crippen LogP) is 3.75. The molecule has 0 radical (unpaired) electrons. The summed E-state index contributed by atoms with van der Waals surface area (Å²) in [5, 5.41) is 9.07. The molecule has 4 heteroatoms. The summed E-state index contributed by atoms with van der Waals surface area (Å²) in [4.78, 5) is 11.1. The third-order valence-electron chi connectivity index (χ3n) is 4.59. The van der Waals surface area contributed by atoms with Gasteiger partial charge in [0.05, 0.1) is 5.69 Å². The molecule has 2 aromatic rings. The van der Waals surface area contributed by atoms with E-state index in [9.17, 15) is 4.79 Å². The molecule has 0 atom stereocenters. The molecule has 1 aliphatic carbocycles. The fraction of sp³-hybridized carbons (Fsp3) is 0.471. The first kappa shape index (κ1) is 14.0. The summed E-state index contributed by atoms with van der Waals surface area (Å²) in [7, 11) is 0. The summed E-state index contributed by atoms with van der Waals surface area (Å²) in [6.07, 6.45) is 6.54. The van der Waals surface area contributed by atoms with Crippen molar-refractivity contribution in [2.24, 2.45) is 5.92 Å². The minimum absolute atomic E-state index is 0.0973. The number of H-pyrrole nitrogens is 2. The minimum Gasteiger partial charge on any atom is -0.382 e. The molecule has 0 unspecified atom stereocenters. The monoisotopic (exact) mass is 285 g/mol. The molecule has 1 aromatic carbocycles. The zero-order valence-corrected chi connectivity index (χ0v) is 12.5. The standard InChI is InChI=1S/C17H23N3O/c1-2-12-3-7-14(8-4-12)18-15-9-5-13(6-10-15)16-11-17(21)20-19-16/h5-6,9-12,14,18H,2-4,7-8H2,1H3,(H2,19,20,21). The van der Waals surface area contributed by atoms with Gasteiger partial charge in [0.1, 0.15) is 0 Å². The Morgan fingerprint density at radius 2 is 1.81 bits per heavy atom. The molecule has 1 aromatic heterocycles. The Bertz CT molecular complexity index is 618. The van der Waals surface area contributed by atoms with E-state index in [2.05, 4.69) is 34.6 Å². The summed E-state index contributed by atoms with van der Waals surface area (Å²) in [5.41, 5.74) is 2.92. The maximum Gasteiger partial charge on any atom is 0.264 e. The van der Waals surface area contributed by atoms with Crippen LogP contribution < -0.4 is 10.9 Å². The number of aromatic nitrogens is 2. The Kier molecular flexibility index (Phi) is 4.13. The first-order valence-electron chi connectivity index (χ1n) is 7.89.